The van der Waals surface area contributed by atoms with Gasteiger partial charge in [-0.3, -0.25) is 14.4 Å². The average molecular weight is 478 g/mol. The van der Waals surface area contributed by atoms with Gasteiger partial charge in [-0.05, 0) is 46.5 Å². The molecule has 0 radical (unpaired) electrons. The minimum absolute atomic E-state index is 0.00486. The van der Waals surface area contributed by atoms with E-state index < -0.39 is 11.6 Å². The zero-order valence-corrected chi connectivity index (χ0v) is 20.3. The Morgan fingerprint density at radius 2 is 1.79 bits per heavy atom. The standard InChI is InChI=1S/C23H35N5O6/c1-23(2,3)34-22(32)25-10-7-17(8-11-25)28-15-27-14-24(12-18(27)21(28)31)16-33-20(30)13-26-9-5-4-6-19(26)29/h12,17H,4-11,13-16H2,1-3H3. The van der Waals surface area contributed by atoms with E-state index in [4.69, 9.17) is 9.47 Å². The van der Waals surface area contributed by atoms with E-state index in [1.807, 2.05) is 30.6 Å². The molecule has 0 aliphatic carbocycles. The molecule has 4 heterocycles. The molecule has 3 fully saturated rings. The minimum Gasteiger partial charge on any atom is -0.444 e. The normalized spacial score (nSPS) is 21.7. The summed E-state index contributed by atoms with van der Waals surface area (Å²) in [6.07, 6.45) is 5.11. The number of esters is 1. The van der Waals surface area contributed by atoms with E-state index in [0.717, 1.165) is 12.8 Å². The summed E-state index contributed by atoms with van der Waals surface area (Å²) in [5.74, 6) is -0.483. The molecule has 0 N–H and O–H groups in total. The predicted molar refractivity (Wildman–Crippen MR) is 121 cm³/mol. The molecule has 0 saturated carbocycles. The Hall–Kier alpha value is -2.98. The fourth-order valence-electron chi connectivity index (χ4n) is 4.73. The van der Waals surface area contributed by atoms with Crippen molar-refractivity contribution < 1.29 is 28.7 Å². The number of piperidine rings is 2. The maximum absolute atomic E-state index is 13.0. The van der Waals surface area contributed by atoms with Gasteiger partial charge in [-0.2, -0.15) is 0 Å². The van der Waals surface area contributed by atoms with Crippen LogP contribution in [0, 0.1) is 0 Å². The number of fused-ring (bicyclic) bond motifs is 1. The van der Waals surface area contributed by atoms with Crippen molar-refractivity contribution in [2.45, 2.75) is 64.5 Å². The van der Waals surface area contributed by atoms with Gasteiger partial charge in [-0.15, -0.1) is 0 Å². The van der Waals surface area contributed by atoms with Crippen molar-refractivity contribution in [2.24, 2.45) is 0 Å². The number of likely N-dealkylation sites (tertiary alicyclic amines) is 2. The second-order valence-corrected chi connectivity index (χ2v) is 10.3. The lowest BCUT2D eigenvalue weighted by molar-refractivity contribution is -0.153. The van der Waals surface area contributed by atoms with Gasteiger partial charge in [0.15, 0.2) is 6.73 Å². The molecule has 0 bridgehead atoms. The molecular formula is C23H35N5O6. The summed E-state index contributed by atoms with van der Waals surface area (Å²) < 4.78 is 10.8. The number of nitrogens with zero attached hydrogens (tertiary/aromatic N) is 5. The molecule has 4 aliphatic heterocycles. The molecule has 11 heteroatoms. The van der Waals surface area contributed by atoms with Crippen molar-refractivity contribution in [1.82, 2.24) is 24.5 Å². The van der Waals surface area contributed by atoms with Crippen LogP contribution in [0.25, 0.3) is 0 Å². The monoisotopic (exact) mass is 477 g/mol. The van der Waals surface area contributed by atoms with Crippen LogP contribution < -0.4 is 0 Å². The van der Waals surface area contributed by atoms with Gasteiger partial charge >= 0.3 is 12.1 Å². The lowest BCUT2D eigenvalue weighted by Gasteiger charge is -2.37. The van der Waals surface area contributed by atoms with Crippen LogP contribution in [0.1, 0.15) is 52.9 Å². The molecule has 34 heavy (non-hydrogen) atoms. The summed E-state index contributed by atoms with van der Waals surface area (Å²) in [6, 6.07) is 0.0750. The molecule has 11 nitrogen and oxygen atoms in total. The molecule has 3 amide bonds. The van der Waals surface area contributed by atoms with E-state index in [-0.39, 0.29) is 37.2 Å². The quantitative estimate of drug-likeness (QED) is 0.543. The highest BCUT2D eigenvalue weighted by atomic mass is 16.6. The third kappa shape index (κ3) is 5.56. The Bertz CT molecular complexity index is 860. The summed E-state index contributed by atoms with van der Waals surface area (Å²) in [4.78, 5) is 58.1. The van der Waals surface area contributed by atoms with Gasteiger partial charge in [-0.25, -0.2) is 4.79 Å². The van der Waals surface area contributed by atoms with E-state index in [1.54, 1.807) is 20.9 Å². The SMILES string of the molecule is CC(C)(C)OC(=O)N1CCC(N2CN3CN(COC(=O)CN4CCCCC4=O)C=C3C2=O)CC1. The van der Waals surface area contributed by atoms with E-state index in [0.29, 0.717) is 57.9 Å². The zero-order valence-electron chi connectivity index (χ0n) is 20.3. The number of carbonyl (C=O) groups is 4. The molecule has 4 rings (SSSR count). The van der Waals surface area contributed by atoms with E-state index >= 15 is 0 Å². The molecule has 4 aliphatic rings. The first-order chi connectivity index (χ1) is 16.1. The van der Waals surface area contributed by atoms with E-state index in [9.17, 15) is 19.2 Å². The fourth-order valence-corrected chi connectivity index (χ4v) is 4.73. The second kappa shape index (κ2) is 9.71. The van der Waals surface area contributed by atoms with Gasteiger partial charge in [0.1, 0.15) is 17.8 Å². The summed E-state index contributed by atoms with van der Waals surface area (Å²) in [5, 5.41) is 0. The van der Waals surface area contributed by atoms with Gasteiger partial charge in [0, 0.05) is 38.3 Å². The first-order valence-electron chi connectivity index (χ1n) is 12.0. The van der Waals surface area contributed by atoms with Crippen molar-refractivity contribution in [1.29, 1.82) is 0 Å². The Morgan fingerprint density at radius 3 is 2.44 bits per heavy atom. The Morgan fingerprint density at radius 1 is 1.06 bits per heavy atom. The summed E-state index contributed by atoms with van der Waals surface area (Å²) >= 11 is 0. The van der Waals surface area contributed by atoms with Gasteiger partial charge < -0.3 is 34.0 Å². The van der Waals surface area contributed by atoms with Gasteiger partial charge in [0.25, 0.3) is 5.91 Å². The van der Waals surface area contributed by atoms with Crippen LogP contribution in [0.2, 0.25) is 0 Å². The highest BCUT2D eigenvalue weighted by Crippen LogP contribution is 2.30. The molecule has 0 aromatic heterocycles. The molecule has 0 spiro atoms. The molecule has 0 aromatic carbocycles. The first kappa shape index (κ1) is 24.2. The van der Waals surface area contributed by atoms with Crippen molar-refractivity contribution in [2.75, 3.05) is 46.2 Å². The predicted octanol–water partition coefficient (Wildman–Crippen LogP) is 1.12. The maximum Gasteiger partial charge on any atom is 0.410 e. The smallest absolute Gasteiger partial charge is 0.410 e. The van der Waals surface area contributed by atoms with Crippen LogP contribution in [-0.2, 0) is 23.9 Å². The fraction of sp³-hybridized carbons (Fsp3) is 0.739. The minimum atomic E-state index is -0.527. The number of ether oxygens (including phenoxy) is 2. The second-order valence-electron chi connectivity index (χ2n) is 10.3. The number of rotatable bonds is 5. The van der Waals surface area contributed by atoms with Crippen molar-refractivity contribution >= 4 is 23.9 Å². The van der Waals surface area contributed by atoms with Crippen LogP contribution in [0.5, 0.6) is 0 Å². The summed E-state index contributed by atoms with van der Waals surface area (Å²) in [7, 11) is 0. The lowest BCUT2D eigenvalue weighted by atomic mass is 10.0. The molecular weight excluding hydrogens is 442 g/mol. The summed E-state index contributed by atoms with van der Waals surface area (Å²) in [5.41, 5.74) is 0.0677. The van der Waals surface area contributed by atoms with Crippen LogP contribution in [0.3, 0.4) is 0 Å². The van der Waals surface area contributed by atoms with Crippen LogP contribution in [-0.4, -0.2) is 106 Å². The number of carbonyl (C=O) groups excluding carboxylic acids is 4. The molecule has 188 valence electrons. The molecule has 0 aromatic rings. The lowest BCUT2D eigenvalue weighted by Crippen LogP contribution is -2.49. The molecule has 0 unspecified atom stereocenters. The third-order valence-electron chi connectivity index (χ3n) is 6.49. The molecule has 3 saturated heterocycles. The van der Waals surface area contributed by atoms with E-state index in [2.05, 4.69) is 0 Å². The van der Waals surface area contributed by atoms with Crippen molar-refractivity contribution in [3.8, 4) is 0 Å². The third-order valence-corrected chi connectivity index (χ3v) is 6.49. The number of hydrogen-bond acceptors (Lipinski definition) is 8. The topological polar surface area (TPSA) is 103 Å². The van der Waals surface area contributed by atoms with Crippen LogP contribution in [0.4, 0.5) is 4.79 Å². The van der Waals surface area contributed by atoms with Crippen LogP contribution in [0.15, 0.2) is 11.9 Å². The number of hydrogen-bond donors (Lipinski definition) is 0. The Kier molecular flexibility index (Phi) is 6.90. The van der Waals surface area contributed by atoms with E-state index in [1.165, 1.54) is 0 Å². The van der Waals surface area contributed by atoms with Crippen LogP contribution >= 0.6 is 0 Å². The summed E-state index contributed by atoms with van der Waals surface area (Å²) in [6.45, 7) is 8.22. The maximum atomic E-state index is 13.0. The largest absolute Gasteiger partial charge is 0.444 e. The van der Waals surface area contributed by atoms with Crippen molar-refractivity contribution in [3.05, 3.63) is 11.9 Å². The Labute approximate surface area is 200 Å². The first-order valence-corrected chi connectivity index (χ1v) is 12.0. The average Bonchev–Trinajstić information content (AvgIpc) is 3.31. The van der Waals surface area contributed by atoms with Gasteiger partial charge in [-0.1, -0.05) is 0 Å². The molecule has 0 atom stereocenters. The highest BCUT2D eigenvalue weighted by molar-refractivity contribution is 5.95. The van der Waals surface area contributed by atoms with Gasteiger partial charge in [0.2, 0.25) is 5.91 Å². The van der Waals surface area contributed by atoms with Gasteiger partial charge in [0.05, 0.1) is 13.3 Å². The Balaban J connectivity index is 1.22. The number of amides is 3. The highest BCUT2D eigenvalue weighted by Gasteiger charge is 2.42. The zero-order chi connectivity index (χ0) is 24.5. The van der Waals surface area contributed by atoms with Crippen molar-refractivity contribution in [3.63, 3.8) is 0 Å².